The first kappa shape index (κ1) is 21.5. The molecule has 2 aromatic heterocycles. The van der Waals surface area contributed by atoms with Gasteiger partial charge in [0.25, 0.3) is 0 Å². The fourth-order valence-electron chi connectivity index (χ4n) is 4.16. The van der Waals surface area contributed by atoms with Gasteiger partial charge in [0, 0.05) is 30.3 Å². The number of aromatic nitrogens is 3. The molecule has 33 heavy (non-hydrogen) atoms. The number of imidazole rings is 1. The van der Waals surface area contributed by atoms with E-state index in [0.29, 0.717) is 0 Å². The van der Waals surface area contributed by atoms with Gasteiger partial charge in [-0.25, -0.2) is 9.50 Å². The number of piperidine rings is 1. The number of carbonyl (C=O) groups excluding carboxylic acids is 1. The lowest BCUT2D eigenvalue weighted by atomic mass is 9.96. The number of hydrogen-bond donors (Lipinski definition) is 1. The number of rotatable bonds is 5. The molecular formula is C25H27N5O2S. The van der Waals surface area contributed by atoms with Crippen LogP contribution in [0.3, 0.4) is 0 Å². The van der Waals surface area contributed by atoms with Gasteiger partial charge >= 0.3 is 0 Å². The molecular weight excluding hydrogens is 434 g/mol. The van der Waals surface area contributed by atoms with Gasteiger partial charge < -0.3 is 15.0 Å². The average molecular weight is 462 g/mol. The lowest BCUT2D eigenvalue weighted by Crippen LogP contribution is -2.38. The molecule has 1 fully saturated rings. The zero-order valence-electron chi connectivity index (χ0n) is 19.0. The van der Waals surface area contributed by atoms with Gasteiger partial charge in [-0.2, -0.15) is 0 Å². The minimum atomic E-state index is 0.0203. The van der Waals surface area contributed by atoms with Crippen LogP contribution in [0.5, 0.6) is 5.75 Å². The quantitative estimate of drug-likeness (QED) is 0.456. The second-order valence-corrected chi connectivity index (χ2v) is 9.47. The van der Waals surface area contributed by atoms with Crippen LogP contribution in [0, 0.1) is 19.8 Å². The SMILES string of the molecule is COc1ccc(-c2cn3nc(N4CCC(C(=O)Nc5cc(C)ccc5C)CC4)sc3n2)cc1. The third-order valence-corrected chi connectivity index (χ3v) is 7.19. The lowest BCUT2D eigenvalue weighted by molar-refractivity contribution is -0.120. The van der Waals surface area contributed by atoms with E-state index >= 15 is 0 Å². The second kappa shape index (κ2) is 8.86. The summed E-state index contributed by atoms with van der Waals surface area (Å²) < 4.78 is 7.07. The summed E-state index contributed by atoms with van der Waals surface area (Å²) in [5, 5.41) is 8.83. The summed E-state index contributed by atoms with van der Waals surface area (Å²) in [6, 6.07) is 14.0. The van der Waals surface area contributed by atoms with E-state index in [4.69, 9.17) is 14.8 Å². The van der Waals surface area contributed by atoms with Crippen LogP contribution in [-0.4, -0.2) is 40.7 Å². The maximum atomic E-state index is 12.8. The number of carbonyl (C=O) groups is 1. The molecule has 1 amide bonds. The van der Waals surface area contributed by atoms with Gasteiger partial charge in [-0.05, 0) is 68.1 Å². The number of anilines is 2. The number of nitrogens with one attached hydrogen (secondary N) is 1. The number of nitrogens with zero attached hydrogens (tertiary/aromatic N) is 4. The normalized spacial score (nSPS) is 14.6. The number of benzene rings is 2. The third-order valence-electron chi connectivity index (χ3n) is 6.21. The predicted octanol–water partition coefficient (Wildman–Crippen LogP) is 4.94. The summed E-state index contributed by atoms with van der Waals surface area (Å²) in [4.78, 5) is 20.7. The van der Waals surface area contributed by atoms with E-state index in [1.54, 1.807) is 18.4 Å². The Morgan fingerprint density at radius 1 is 1.12 bits per heavy atom. The Bertz CT molecular complexity index is 1250. The molecule has 1 aliphatic rings. The molecule has 0 saturated carbocycles. The number of hydrogen-bond acceptors (Lipinski definition) is 6. The Morgan fingerprint density at radius 3 is 2.58 bits per heavy atom. The smallest absolute Gasteiger partial charge is 0.227 e. The highest BCUT2D eigenvalue weighted by Crippen LogP contribution is 2.30. The van der Waals surface area contributed by atoms with Gasteiger partial charge in [0.1, 0.15) is 5.75 Å². The van der Waals surface area contributed by atoms with E-state index in [2.05, 4.69) is 16.3 Å². The Morgan fingerprint density at radius 2 is 1.88 bits per heavy atom. The molecule has 0 unspecified atom stereocenters. The molecule has 0 bridgehead atoms. The molecule has 4 aromatic rings. The lowest BCUT2D eigenvalue weighted by Gasteiger charge is -2.30. The Kier molecular flexibility index (Phi) is 5.76. The van der Waals surface area contributed by atoms with Crippen molar-refractivity contribution in [3.05, 3.63) is 59.8 Å². The first-order valence-electron chi connectivity index (χ1n) is 11.1. The predicted molar refractivity (Wildman–Crippen MR) is 132 cm³/mol. The van der Waals surface area contributed by atoms with E-state index in [1.807, 2.05) is 61.0 Å². The first-order chi connectivity index (χ1) is 16.0. The van der Waals surface area contributed by atoms with E-state index in [0.717, 1.165) is 69.8 Å². The summed E-state index contributed by atoms with van der Waals surface area (Å²) in [6.07, 6.45) is 3.59. The van der Waals surface area contributed by atoms with Crippen molar-refractivity contribution in [3.8, 4) is 17.0 Å². The third kappa shape index (κ3) is 4.43. The van der Waals surface area contributed by atoms with Gasteiger partial charge in [0.15, 0.2) is 0 Å². The summed E-state index contributed by atoms with van der Waals surface area (Å²) in [5.41, 5.74) is 5.08. The molecule has 2 aromatic carbocycles. The van der Waals surface area contributed by atoms with Crippen LogP contribution < -0.4 is 15.0 Å². The molecule has 0 radical (unpaired) electrons. The number of fused-ring (bicyclic) bond motifs is 1. The largest absolute Gasteiger partial charge is 0.497 e. The highest BCUT2D eigenvalue weighted by atomic mass is 32.1. The summed E-state index contributed by atoms with van der Waals surface area (Å²) >= 11 is 1.58. The van der Waals surface area contributed by atoms with Crippen molar-refractivity contribution >= 4 is 33.0 Å². The Hall–Kier alpha value is -3.39. The van der Waals surface area contributed by atoms with Crippen molar-refractivity contribution < 1.29 is 9.53 Å². The zero-order chi connectivity index (χ0) is 22.9. The molecule has 0 aliphatic carbocycles. The average Bonchev–Trinajstić information content (AvgIpc) is 3.41. The molecule has 170 valence electrons. The van der Waals surface area contributed by atoms with Gasteiger partial charge in [-0.15, -0.1) is 5.10 Å². The van der Waals surface area contributed by atoms with Crippen LogP contribution in [0.25, 0.3) is 16.2 Å². The topological polar surface area (TPSA) is 71.8 Å². The maximum Gasteiger partial charge on any atom is 0.227 e. The monoisotopic (exact) mass is 461 g/mol. The summed E-state index contributed by atoms with van der Waals surface area (Å²) in [6.45, 7) is 5.69. The molecule has 3 heterocycles. The highest BCUT2D eigenvalue weighted by molar-refractivity contribution is 7.20. The van der Waals surface area contributed by atoms with Crippen molar-refractivity contribution in [2.24, 2.45) is 5.92 Å². The standard InChI is InChI=1S/C25H27N5O2S/c1-16-4-5-17(2)21(14-16)26-23(31)19-10-12-29(13-11-19)25-28-30-15-22(27-24(30)33-25)18-6-8-20(32-3)9-7-18/h4-9,14-15,19H,10-13H2,1-3H3,(H,26,31). The molecule has 1 N–H and O–H groups in total. The first-order valence-corrected chi connectivity index (χ1v) is 12.0. The second-order valence-electron chi connectivity index (χ2n) is 8.54. The fourth-order valence-corrected chi connectivity index (χ4v) is 5.09. The van der Waals surface area contributed by atoms with Crippen molar-refractivity contribution in [2.75, 3.05) is 30.4 Å². The van der Waals surface area contributed by atoms with Crippen LogP contribution in [0.2, 0.25) is 0 Å². The van der Waals surface area contributed by atoms with Gasteiger partial charge in [0.05, 0.1) is 19.0 Å². The van der Waals surface area contributed by atoms with Crippen LogP contribution in [0.1, 0.15) is 24.0 Å². The van der Waals surface area contributed by atoms with Crippen LogP contribution in [0.4, 0.5) is 10.8 Å². The molecule has 0 spiro atoms. The highest BCUT2D eigenvalue weighted by Gasteiger charge is 2.27. The van der Waals surface area contributed by atoms with Crippen LogP contribution in [0.15, 0.2) is 48.7 Å². The molecule has 5 rings (SSSR count). The number of amides is 1. The summed E-state index contributed by atoms with van der Waals surface area (Å²) in [7, 11) is 1.66. The molecule has 1 aliphatic heterocycles. The zero-order valence-corrected chi connectivity index (χ0v) is 19.9. The number of aryl methyl sites for hydroxylation is 2. The minimum absolute atomic E-state index is 0.0203. The molecule has 8 heteroatoms. The minimum Gasteiger partial charge on any atom is -0.497 e. The Balaban J connectivity index is 1.22. The van der Waals surface area contributed by atoms with E-state index in [9.17, 15) is 4.79 Å². The maximum absolute atomic E-state index is 12.8. The van der Waals surface area contributed by atoms with Crippen LogP contribution >= 0.6 is 11.3 Å². The van der Waals surface area contributed by atoms with Gasteiger partial charge in [-0.1, -0.05) is 23.5 Å². The molecule has 7 nitrogen and oxygen atoms in total. The van der Waals surface area contributed by atoms with Crippen molar-refractivity contribution in [2.45, 2.75) is 26.7 Å². The number of methoxy groups -OCH3 is 1. The van der Waals surface area contributed by atoms with Crippen molar-refractivity contribution in [1.82, 2.24) is 14.6 Å². The Labute approximate surface area is 197 Å². The number of ether oxygens (including phenoxy) is 1. The summed E-state index contributed by atoms with van der Waals surface area (Å²) in [5.74, 6) is 0.958. The van der Waals surface area contributed by atoms with Gasteiger partial charge in [-0.3, -0.25) is 4.79 Å². The van der Waals surface area contributed by atoms with E-state index in [1.165, 1.54) is 0 Å². The van der Waals surface area contributed by atoms with Crippen LogP contribution in [-0.2, 0) is 4.79 Å². The van der Waals surface area contributed by atoms with E-state index < -0.39 is 0 Å². The fraction of sp³-hybridized carbons (Fsp3) is 0.320. The molecule has 0 atom stereocenters. The van der Waals surface area contributed by atoms with E-state index in [-0.39, 0.29) is 11.8 Å². The van der Waals surface area contributed by atoms with Crippen molar-refractivity contribution in [3.63, 3.8) is 0 Å². The van der Waals surface area contributed by atoms with Gasteiger partial charge in [0.2, 0.25) is 16.0 Å². The molecule has 1 saturated heterocycles. The van der Waals surface area contributed by atoms with Crippen molar-refractivity contribution in [1.29, 1.82) is 0 Å².